The van der Waals surface area contributed by atoms with Crippen molar-refractivity contribution in [2.75, 3.05) is 7.11 Å². The number of amides is 2. The Morgan fingerprint density at radius 1 is 1.26 bits per heavy atom. The Labute approximate surface area is 214 Å². The molecule has 3 N–H and O–H groups in total. The van der Waals surface area contributed by atoms with E-state index in [1.807, 2.05) is 30.3 Å². The van der Waals surface area contributed by atoms with Crippen LogP contribution in [-0.4, -0.2) is 39.8 Å². The van der Waals surface area contributed by atoms with Crippen LogP contribution in [-0.2, 0) is 16.1 Å². The smallest absolute Gasteiger partial charge is 0.404 e. The minimum absolute atomic E-state index is 0.131. The molecule has 180 valence electrons. The topological polar surface area (TPSA) is 130 Å². The first-order valence-electron chi connectivity index (χ1n) is 9.88. The van der Waals surface area contributed by atoms with Gasteiger partial charge in [-0.05, 0) is 59.3 Å². The number of halogens is 2. The van der Waals surface area contributed by atoms with Crippen LogP contribution in [0, 0.1) is 0 Å². The van der Waals surface area contributed by atoms with Crippen molar-refractivity contribution in [3.8, 4) is 0 Å². The van der Waals surface area contributed by atoms with Gasteiger partial charge < -0.3 is 20.5 Å². The average molecular weight is 533 g/mol. The maximum atomic E-state index is 12.4. The molecular formula is C23H18Cl2N4O5S. The molecule has 0 saturated carbocycles. The highest BCUT2D eigenvalue weighted by atomic mass is 35.5. The first-order chi connectivity index (χ1) is 16.7. The third kappa shape index (κ3) is 7.71. The largest absolute Gasteiger partial charge is 0.465 e. The summed E-state index contributed by atoms with van der Waals surface area (Å²) in [5, 5.41) is 15.6. The normalized spacial score (nSPS) is 14.9. The van der Waals surface area contributed by atoms with Crippen LogP contribution >= 0.6 is 35.0 Å². The number of thioether (sulfide) groups is 1. The number of carboxylic acid groups (broad SMARTS) is 1. The van der Waals surface area contributed by atoms with E-state index in [1.54, 1.807) is 30.5 Å². The molecular weight excluding hydrogens is 515 g/mol. The number of ether oxygens (including phenoxy) is 1. The quantitative estimate of drug-likeness (QED) is 0.297. The van der Waals surface area contributed by atoms with Crippen molar-refractivity contribution in [1.82, 2.24) is 15.6 Å². The van der Waals surface area contributed by atoms with Crippen LogP contribution in [0.25, 0.3) is 17.0 Å². The van der Waals surface area contributed by atoms with Crippen molar-refractivity contribution in [1.29, 1.82) is 0 Å². The van der Waals surface area contributed by atoms with Gasteiger partial charge in [-0.3, -0.25) is 9.78 Å². The lowest BCUT2D eigenvalue weighted by Crippen LogP contribution is -2.20. The van der Waals surface area contributed by atoms with Crippen molar-refractivity contribution in [2.45, 2.75) is 6.54 Å². The first-order valence-corrected chi connectivity index (χ1v) is 11.5. The molecule has 0 unspecified atom stereocenters. The predicted molar refractivity (Wildman–Crippen MR) is 137 cm³/mol. The third-order valence-corrected chi connectivity index (χ3v) is 5.80. The Kier molecular flexibility index (Phi) is 9.07. The molecule has 9 nitrogen and oxygen atoms in total. The zero-order chi connectivity index (χ0) is 25.4. The number of aliphatic imine (C=N–C) groups is 1. The molecule has 1 aromatic heterocycles. The van der Waals surface area contributed by atoms with E-state index in [0.29, 0.717) is 26.3 Å². The number of fused-ring (bicyclic) bond motifs is 1. The zero-order valence-electron chi connectivity index (χ0n) is 18.1. The summed E-state index contributed by atoms with van der Waals surface area (Å²) >= 11 is 12.0. The number of rotatable bonds is 4. The molecule has 35 heavy (non-hydrogen) atoms. The molecule has 0 aliphatic carbocycles. The number of pyridine rings is 1. The maximum Gasteiger partial charge on any atom is 0.404 e. The number of methoxy groups -OCH3 is 1. The molecule has 2 amide bonds. The van der Waals surface area contributed by atoms with Crippen LogP contribution in [0.4, 0.5) is 15.3 Å². The van der Waals surface area contributed by atoms with Gasteiger partial charge >= 0.3 is 11.5 Å². The lowest BCUT2D eigenvalue weighted by Gasteiger charge is -2.05. The van der Waals surface area contributed by atoms with E-state index < -0.39 is 11.5 Å². The monoisotopic (exact) mass is 532 g/mol. The first kappa shape index (κ1) is 26.0. The van der Waals surface area contributed by atoms with E-state index in [2.05, 4.69) is 36.9 Å². The molecule has 0 bridgehead atoms. The average Bonchev–Trinajstić information content (AvgIpc) is 3.18. The third-order valence-electron chi connectivity index (χ3n) is 4.41. The molecule has 12 heteroatoms. The van der Waals surface area contributed by atoms with Gasteiger partial charge in [-0.2, -0.15) is 0 Å². The van der Waals surface area contributed by atoms with E-state index >= 15 is 0 Å². The number of carbonyl (C=O) groups excluding carboxylic acids is 2. The van der Waals surface area contributed by atoms with Gasteiger partial charge in [-0.25, -0.2) is 14.6 Å². The van der Waals surface area contributed by atoms with Crippen LogP contribution in [0.1, 0.15) is 11.1 Å². The van der Waals surface area contributed by atoms with Gasteiger partial charge in [0.15, 0.2) is 5.17 Å². The fourth-order valence-electron chi connectivity index (χ4n) is 2.86. The highest BCUT2D eigenvalue weighted by Crippen LogP contribution is 2.32. The molecule has 4 rings (SSSR count). The molecule has 1 aliphatic rings. The number of amidine groups is 1. The predicted octanol–water partition coefficient (Wildman–Crippen LogP) is 5.54. The van der Waals surface area contributed by atoms with Gasteiger partial charge in [-0.15, -0.1) is 0 Å². The molecule has 0 spiro atoms. The summed E-state index contributed by atoms with van der Waals surface area (Å²) in [6.07, 6.45) is 2.42. The zero-order valence-corrected chi connectivity index (χ0v) is 20.4. The summed E-state index contributed by atoms with van der Waals surface area (Å²) < 4.78 is 3.88. The molecule has 1 fully saturated rings. The number of nitrogens with one attached hydrogen (secondary N) is 2. The number of carbonyl (C=O) groups is 3. The Balaban J connectivity index is 0.000000623. The summed E-state index contributed by atoms with van der Waals surface area (Å²) in [6.45, 7) is 0.131. The van der Waals surface area contributed by atoms with Gasteiger partial charge in [0.25, 0.3) is 5.91 Å². The SMILES string of the molecule is COC(=O)Cl.O=C(O)NCc1ccc(Cl)c(N=C2NC(=O)/C(=C/c3ccc4ncccc4c3)S2)c1. The minimum Gasteiger partial charge on any atom is -0.465 e. The molecule has 0 atom stereocenters. The minimum atomic E-state index is -1.12. The lowest BCUT2D eigenvalue weighted by atomic mass is 10.1. The van der Waals surface area contributed by atoms with Crippen LogP contribution in [0.5, 0.6) is 0 Å². The summed E-state index contributed by atoms with van der Waals surface area (Å²) in [4.78, 5) is 41.6. The van der Waals surface area contributed by atoms with Gasteiger partial charge in [-0.1, -0.05) is 29.8 Å². The lowest BCUT2D eigenvalue weighted by molar-refractivity contribution is -0.115. The highest BCUT2D eigenvalue weighted by Gasteiger charge is 2.24. The molecule has 3 aromatic rings. The molecule has 2 aromatic carbocycles. The van der Waals surface area contributed by atoms with Gasteiger partial charge in [0, 0.05) is 29.7 Å². The van der Waals surface area contributed by atoms with E-state index in [9.17, 15) is 14.4 Å². The number of nitrogens with zero attached hydrogens (tertiary/aromatic N) is 2. The molecule has 1 saturated heterocycles. The fraction of sp³-hybridized carbons (Fsp3) is 0.0870. The molecule has 0 radical (unpaired) electrons. The van der Waals surface area contributed by atoms with E-state index in [4.69, 9.17) is 16.7 Å². The number of hydrogen-bond donors (Lipinski definition) is 3. The fourth-order valence-corrected chi connectivity index (χ4v) is 3.85. The molecule has 1 aliphatic heterocycles. The summed E-state index contributed by atoms with van der Waals surface area (Å²) in [7, 11) is 1.22. The number of aromatic nitrogens is 1. The van der Waals surface area contributed by atoms with Crippen LogP contribution in [0.15, 0.2) is 64.6 Å². The Bertz CT molecular complexity index is 1350. The Morgan fingerprint density at radius 3 is 2.74 bits per heavy atom. The number of hydrogen-bond acceptors (Lipinski definition) is 7. The summed E-state index contributed by atoms with van der Waals surface area (Å²) in [6, 6.07) is 14.6. The maximum absolute atomic E-state index is 12.4. The second-order valence-electron chi connectivity index (χ2n) is 6.82. The van der Waals surface area contributed by atoms with Crippen molar-refractivity contribution in [2.24, 2.45) is 4.99 Å². The van der Waals surface area contributed by atoms with Crippen molar-refractivity contribution in [3.05, 3.63) is 75.8 Å². The number of benzene rings is 2. The van der Waals surface area contributed by atoms with Gasteiger partial charge in [0.05, 0.1) is 28.2 Å². The molecule has 2 heterocycles. The standard InChI is InChI=1S/C21H15ClN4O3S.C2H3ClO2/c22-15-5-3-13(11-24-21(28)29)9-17(15)25-20-26-19(27)18(30-20)10-12-4-6-16-14(8-12)2-1-7-23-16;1-5-2(3)4/h1-10,24H,11H2,(H,28,29)(H,25,26,27);1H3/b18-10-;. The summed E-state index contributed by atoms with van der Waals surface area (Å²) in [5.41, 5.74) is 2.15. The van der Waals surface area contributed by atoms with Crippen LogP contribution in [0.3, 0.4) is 0 Å². The second kappa shape index (κ2) is 12.2. The Hall–Kier alpha value is -3.60. The summed E-state index contributed by atoms with van der Waals surface area (Å²) in [5.74, 6) is -0.246. The highest BCUT2D eigenvalue weighted by molar-refractivity contribution is 8.18. The van der Waals surface area contributed by atoms with Crippen molar-refractivity contribution < 1.29 is 24.2 Å². The second-order valence-corrected chi connectivity index (χ2v) is 8.57. The Morgan fingerprint density at radius 2 is 2.03 bits per heavy atom. The van der Waals surface area contributed by atoms with Gasteiger partial charge in [0.2, 0.25) is 0 Å². The van der Waals surface area contributed by atoms with Gasteiger partial charge in [0.1, 0.15) is 0 Å². The van der Waals surface area contributed by atoms with E-state index in [0.717, 1.165) is 16.5 Å². The van der Waals surface area contributed by atoms with Crippen molar-refractivity contribution in [3.63, 3.8) is 0 Å². The van der Waals surface area contributed by atoms with E-state index in [-0.39, 0.29) is 12.5 Å². The van der Waals surface area contributed by atoms with Crippen LogP contribution < -0.4 is 10.6 Å². The van der Waals surface area contributed by atoms with Crippen LogP contribution in [0.2, 0.25) is 5.02 Å². The van der Waals surface area contributed by atoms with Crippen molar-refractivity contribution >= 4 is 80.2 Å². The van der Waals surface area contributed by atoms with E-state index in [1.165, 1.54) is 18.9 Å².